The molecule has 1 aliphatic rings. The van der Waals surface area contributed by atoms with Crippen molar-refractivity contribution < 1.29 is 5.11 Å². The number of aryl methyl sites for hydroxylation is 1. The van der Waals surface area contributed by atoms with Gasteiger partial charge >= 0.3 is 5.69 Å². The minimum absolute atomic E-state index is 0.227. The maximum absolute atomic E-state index is 11.5. The minimum Gasteiger partial charge on any atom is -0.493 e. The molecule has 9 nitrogen and oxygen atoms in total. The highest BCUT2D eigenvalue weighted by atomic mass is 16.3. The maximum Gasteiger partial charge on any atom is 0.326 e. The van der Waals surface area contributed by atoms with Gasteiger partial charge in [-0.15, -0.1) is 0 Å². The number of hydrogen-bond acceptors (Lipinski definition) is 6. The zero-order chi connectivity index (χ0) is 20.8. The van der Waals surface area contributed by atoms with E-state index in [0.29, 0.717) is 16.9 Å². The summed E-state index contributed by atoms with van der Waals surface area (Å²) in [5.74, 6) is 0.504. The van der Waals surface area contributed by atoms with Crippen LogP contribution in [0.25, 0.3) is 11.7 Å². The summed E-state index contributed by atoms with van der Waals surface area (Å²) in [6.45, 7) is 2.05. The van der Waals surface area contributed by atoms with Crippen molar-refractivity contribution in [2.24, 2.45) is 4.99 Å². The van der Waals surface area contributed by atoms with Gasteiger partial charge in [0.05, 0.1) is 12.2 Å². The largest absolute Gasteiger partial charge is 0.493 e. The molecule has 4 aromatic rings. The molecule has 0 aliphatic heterocycles. The van der Waals surface area contributed by atoms with Crippen molar-refractivity contribution in [2.45, 2.75) is 25.8 Å². The first-order valence-electron chi connectivity index (χ1n) is 9.74. The number of nitrogens with one attached hydrogen (secondary N) is 2. The molecule has 0 atom stereocenters. The quantitative estimate of drug-likeness (QED) is 0.473. The van der Waals surface area contributed by atoms with E-state index in [2.05, 4.69) is 34.1 Å². The van der Waals surface area contributed by atoms with Gasteiger partial charge in [0.25, 0.3) is 0 Å². The summed E-state index contributed by atoms with van der Waals surface area (Å²) < 4.78 is 1.69. The number of aromatic nitrogens is 5. The lowest BCUT2D eigenvalue weighted by Crippen LogP contribution is -2.23. The van der Waals surface area contributed by atoms with Crippen molar-refractivity contribution >= 4 is 23.2 Å². The van der Waals surface area contributed by atoms with Gasteiger partial charge in [0.1, 0.15) is 11.5 Å². The van der Waals surface area contributed by atoms with Crippen LogP contribution < -0.4 is 21.3 Å². The second-order valence-electron chi connectivity index (χ2n) is 7.55. The lowest BCUT2D eigenvalue weighted by atomic mass is 10.2. The van der Waals surface area contributed by atoms with Crippen LogP contribution in [-0.2, 0) is 0 Å². The number of hydrogen-bond donors (Lipinski definition) is 3. The molecule has 9 heteroatoms. The Balaban J connectivity index is 1.72. The average Bonchev–Trinajstić information content (AvgIpc) is 3.35. The van der Waals surface area contributed by atoms with Crippen molar-refractivity contribution in [2.75, 3.05) is 11.9 Å². The van der Waals surface area contributed by atoms with Gasteiger partial charge in [0.2, 0.25) is 5.88 Å². The molecule has 0 spiro atoms. The summed E-state index contributed by atoms with van der Waals surface area (Å²) in [6, 6.07) is 10.4. The Hall–Kier alpha value is -3.88. The fourth-order valence-corrected chi connectivity index (χ4v) is 3.32. The van der Waals surface area contributed by atoms with Gasteiger partial charge in [0.15, 0.2) is 11.1 Å². The summed E-state index contributed by atoms with van der Waals surface area (Å²) in [4.78, 5) is 28.0. The lowest BCUT2D eigenvalue weighted by Gasteiger charge is -2.19. The van der Waals surface area contributed by atoms with Crippen molar-refractivity contribution in [3.05, 3.63) is 69.0 Å². The SMILES string of the molecule is Cc1cccc(N(C)c2cc(=NC3CC3)n3ncc(=Cc4[nH]c(=O)[nH]c4O)c3n2)c1. The van der Waals surface area contributed by atoms with Gasteiger partial charge < -0.3 is 15.0 Å². The van der Waals surface area contributed by atoms with E-state index in [9.17, 15) is 9.90 Å². The topological polar surface area (TPSA) is 115 Å². The van der Waals surface area contributed by atoms with Gasteiger partial charge in [-0.1, -0.05) is 12.1 Å². The van der Waals surface area contributed by atoms with E-state index in [0.717, 1.165) is 35.4 Å². The van der Waals surface area contributed by atoms with Crippen LogP contribution in [0.1, 0.15) is 24.1 Å². The number of imidazole rings is 1. The first kappa shape index (κ1) is 18.2. The molecule has 0 saturated heterocycles. The third kappa shape index (κ3) is 3.34. The standard InChI is InChI=1S/C21H21N7O2/c1-12-4-3-5-15(8-12)27(2)17-10-18(23-14-6-7-14)28-19(25-17)13(11-22-28)9-16-20(29)26-21(30)24-16/h3-5,8-11,14,29H,6-7H2,1-2H3,(H2,24,26,30). The molecule has 1 aliphatic carbocycles. The second kappa shape index (κ2) is 6.87. The number of aromatic hydroxyl groups is 1. The highest BCUT2D eigenvalue weighted by molar-refractivity contribution is 5.63. The number of rotatable bonds is 4. The highest BCUT2D eigenvalue weighted by Gasteiger charge is 2.20. The Morgan fingerprint density at radius 3 is 2.83 bits per heavy atom. The van der Waals surface area contributed by atoms with Gasteiger partial charge in [-0.05, 0) is 43.5 Å². The molecule has 0 unspecified atom stereocenters. The third-order valence-corrected chi connectivity index (χ3v) is 5.10. The number of H-pyrrole nitrogens is 2. The van der Waals surface area contributed by atoms with Crippen molar-refractivity contribution in [1.29, 1.82) is 0 Å². The van der Waals surface area contributed by atoms with Crippen LogP contribution in [0.15, 0.2) is 46.3 Å². The van der Waals surface area contributed by atoms with E-state index in [1.807, 2.05) is 30.1 Å². The third-order valence-electron chi connectivity index (χ3n) is 5.10. The first-order valence-corrected chi connectivity index (χ1v) is 9.74. The summed E-state index contributed by atoms with van der Waals surface area (Å²) in [6.07, 6.45) is 5.44. The number of aromatic amines is 2. The van der Waals surface area contributed by atoms with Gasteiger partial charge in [-0.3, -0.25) is 9.98 Å². The fraction of sp³-hybridized carbons (Fsp3) is 0.238. The molecule has 1 aromatic carbocycles. The molecule has 3 aromatic heterocycles. The van der Waals surface area contributed by atoms with E-state index < -0.39 is 5.69 Å². The van der Waals surface area contributed by atoms with Gasteiger partial charge in [-0.2, -0.15) is 9.61 Å². The number of benzene rings is 1. The Morgan fingerprint density at radius 1 is 1.30 bits per heavy atom. The van der Waals surface area contributed by atoms with Gasteiger partial charge in [-0.25, -0.2) is 9.78 Å². The fourth-order valence-electron chi connectivity index (χ4n) is 3.32. The minimum atomic E-state index is -0.479. The zero-order valence-electron chi connectivity index (χ0n) is 16.6. The summed E-state index contributed by atoms with van der Waals surface area (Å²) >= 11 is 0. The summed E-state index contributed by atoms with van der Waals surface area (Å²) in [5, 5.41) is 15.0. The molecule has 1 saturated carbocycles. The zero-order valence-corrected chi connectivity index (χ0v) is 16.6. The molecule has 152 valence electrons. The van der Waals surface area contributed by atoms with E-state index >= 15 is 0 Å². The van der Waals surface area contributed by atoms with E-state index in [4.69, 9.17) is 9.98 Å². The number of anilines is 2. The predicted octanol–water partition coefficient (Wildman–Crippen LogP) is 1.14. The van der Waals surface area contributed by atoms with Crippen LogP contribution >= 0.6 is 0 Å². The molecule has 3 heterocycles. The monoisotopic (exact) mass is 403 g/mol. The van der Waals surface area contributed by atoms with Crippen LogP contribution in [0.4, 0.5) is 11.5 Å². The molecular formula is C21H21N7O2. The maximum atomic E-state index is 11.5. The Kier molecular flexibility index (Phi) is 4.16. The molecule has 3 N–H and O–H groups in total. The summed E-state index contributed by atoms with van der Waals surface area (Å²) in [5.41, 5.74) is 3.29. The normalized spacial score (nSPS) is 15.3. The molecule has 5 rings (SSSR count). The first-order chi connectivity index (χ1) is 14.5. The number of fused-ring (bicyclic) bond motifs is 1. The van der Waals surface area contributed by atoms with E-state index in [1.165, 1.54) is 0 Å². The van der Waals surface area contributed by atoms with Crippen molar-refractivity contribution in [3.63, 3.8) is 0 Å². The van der Waals surface area contributed by atoms with Crippen molar-refractivity contribution in [1.82, 2.24) is 24.6 Å². The van der Waals surface area contributed by atoms with E-state index in [1.54, 1.807) is 16.8 Å². The van der Waals surface area contributed by atoms with E-state index in [-0.39, 0.29) is 11.6 Å². The molecule has 0 amide bonds. The predicted molar refractivity (Wildman–Crippen MR) is 113 cm³/mol. The highest BCUT2D eigenvalue weighted by Crippen LogP contribution is 2.24. The smallest absolute Gasteiger partial charge is 0.326 e. The lowest BCUT2D eigenvalue weighted by molar-refractivity contribution is 0.454. The van der Waals surface area contributed by atoms with Crippen LogP contribution in [0, 0.1) is 6.92 Å². The molecule has 0 radical (unpaired) electrons. The second-order valence-corrected chi connectivity index (χ2v) is 7.55. The van der Waals surface area contributed by atoms with Crippen LogP contribution in [-0.4, -0.2) is 42.8 Å². The Morgan fingerprint density at radius 2 is 2.13 bits per heavy atom. The van der Waals surface area contributed by atoms with Crippen LogP contribution in [0.5, 0.6) is 5.88 Å². The van der Waals surface area contributed by atoms with Crippen LogP contribution in [0.3, 0.4) is 0 Å². The molecular weight excluding hydrogens is 382 g/mol. The molecule has 30 heavy (non-hydrogen) atoms. The number of nitrogens with zero attached hydrogens (tertiary/aromatic N) is 5. The Bertz CT molecular complexity index is 1430. The van der Waals surface area contributed by atoms with Crippen molar-refractivity contribution in [3.8, 4) is 5.88 Å². The van der Waals surface area contributed by atoms with Crippen LogP contribution in [0.2, 0.25) is 0 Å². The molecule has 0 bridgehead atoms. The summed E-state index contributed by atoms with van der Waals surface area (Å²) in [7, 11) is 1.96. The van der Waals surface area contributed by atoms with Gasteiger partial charge in [0, 0.05) is 24.0 Å². The molecule has 1 fully saturated rings. The average molecular weight is 403 g/mol. The Labute approximate surface area is 171 Å².